The highest BCUT2D eigenvalue weighted by atomic mass is 19.2. The SMILES string of the molecule is CCOc1ccc(C#CC2CCC(c3ccc(C4CCC(C)CC4)c(F)c3F)CC2)c(F)c1F. The smallest absolute Gasteiger partial charge is 0.201 e. The Hall–Kier alpha value is -2.48. The van der Waals surface area contributed by atoms with Gasteiger partial charge in [-0.2, -0.15) is 4.39 Å². The number of halogens is 4. The molecule has 2 saturated carbocycles. The van der Waals surface area contributed by atoms with Gasteiger partial charge in [0.15, 0.2) is 23.2 Å². The minimum atomic E-state index is -1.03. The maximum absolute atomic E-state index is 15.0. The molecule has 0 aromatic heterocycles. The third-order valence-electron chi connectivity index (χ3n) is 7.52. The third kappa shape index (κ3) is 5.27. The van der Waals surface area contributed by atoms with Crippen LogP contribution in [-0.4, -0.2) is 6.61 Å². The van der Waals surface area contributed by atoms with Gasteiger partial charge in [-0.05, 0) is 86.5 Å². The van der Waals surface area contributed by atoms with Crippen LogP contribution in [0.4, 0.5) is 17.6 Å². The standard InChI is InChI=1S/C29H32F4O/c1-3-34-25-17-14-22(26(30)29(25)33)13-8-19-6-11-21(12-7-19)24-16-15-23(27(31)28(24)32)20-9-4-18(2)5-10-20/h14-21H,3-7,9-12H2,1-2H3. The van der Waals surface area contributed by atoms with Gasteiger partial charge in [0.05, 0.1) is 12.2 Å². The Bertz CT molecular complexity index is 1070. The largest absolute Gasteiger partial charge is 0.491 e. The van der Waals surface area contributed by atoms with E-state index in [1.165, 1.54) is 12.1 Å². The number of hydrogen-bond donors (Lipinski definition) is 0. The lowest BCUT2D eigenvalue weighted by Gasteiger charge is -2.29. The van der Waals surface area contributed by atoms with Gasteiger partial charge >= 0.3 is 0 Å². The zero-order valence-corrected chi connectivity index (χ0v) is 19.9. The van der Waals surface area contributed by atoms with Crippen molar-refractivity contribution < 1.29 is 22.3 Å². The number of ether oxygens (including phenoxy) is 1. The molecule has 0 saturated heterocycles. The van der Waals surface area contributed by atoms with E-state index in [0.29, 0.717) is 42.7 Å². The summed E-state index contributed by atoms with van der Waals surface area (Å²) in [5.41, 5.74) is 0.984. The van der Waals surface area contributed by atoms with E-state index in [1.54, 1.807) is 19.1 Å². The van der Waals surface area contributed by atoms with Gasteiger partial charge in [0.2, 0.25) is 5.82 Å². The highest BCUT2D eigenvalue weighted by Crippen LogP contribution is 2.41. The molecule has 2 aliphatic rings. The number of hydrogen-bond acceptors (Lipinski definition) is 1. The van der Waals surface area contributed by atoms with Gasteiger partial charge in [-0.25, -0.2) is 13.2 Å². The summed E-state index contributed by atoms with van der Waals surface area (Å²) < 4.78 is 63.4. The van der Waals surface area contributed by atoms with Crippen LogP contribution in [0.25, 0.3) is 0 Å². The summed E-state index contributed by atoms with van der Waals surface area (Å²) in [5.74, 6) is 3.02. The van der Waals surface area contributed by atoms with E-state index in [0.717, 1.165) is 25.7 Å². The quantitative estimate of drug-likeness (QED) is 0.321. The average molecular weight is 473 g/mol. The first kappa shape index (κ1) is 24.6. The molecule has 5 heteroatoms. The number of benzene rings is 2. The Morgan fingerprint density at radius 1 is 0.735 bits per heavy atom. The van der Waals surface area contributed by atoms with Crippen molar-refractivity contribution in [1.29, 1.82) is 0 Å². The molecule has 2 aromatic rings. The summed E-state index contributed by atoms with van der Waals surface area (Å²) in [6.07, 6.45) is 6.76. The van der Waals surface area contributed by atoms with Gasteiger partial charge in [-0.1, -0.05) is 43.7 Å². The van der Waals surface area contributed by atoms with E-state index < -0.39 is 23.3 Å². The van der Waals surface area contributed by atoms with Crippen molar-refractivity contribution in [2.45, 2.75) is 77.0 Å². The Morgan fingerprint density at radius 3 is 1.85 bits per heavy atom. The summed E-state index contributed by atoms with van der Waals surface area (Å²) in [5, 5.41) is 0. The Morgan fingerprint density at radius 2 is 1.29 bits per heavy atom. The van der Waals surface area contributed by atoms with E-state index in [-0.39, 0.29) is 35.7 Å². The summed E-state index contributed by atoms with van der Waals surface area (Å²) in [7, 11) is 0. The highest BCUT2D eigenvalue weighted by molar-refractivity contribution is 5.41. The first-order chi connectivity index (χ1) is 16.4. The zero-order valence-electron chi connectivity index (χ0n) is 19.9. The van der Waals surface area contributed by atoms with Crippen LogP contribution in [0.3, 0.4) is 0 Å². The summed E-state index contributed by atoms with van der Waals surface area (Å²) in [6, 6.07) is 6.39. The predicted molar refractivity (Wildman–Crippen MR) is 126 cm³/mol. The van der Waals surface area contributed by atoms with Crippen LogP contribution in [0.5, 0.6) is 5.75 Å². The van der Waals surface area contributed by atoms with Crippen molar-refractivity contribution in [2.75, 3.05) is 6.61 Å². The van der Waals surface area contributed by atoms with Gasteiger partial charge in [-0.15, -0.1) is 0 Å². The average Bonchev–Trinajstić information content (AvgIpc) is 2.84. The molecule has 0 unspecified atom stereocenters. The van der Waals surface area contributed by atoms with Crippen molar-refractivity contribution in [3.05, 3.63) is 64.2 Å². The van der Waals surface area contributed by atoms with E-state index in [2.05, 4.69) is 18.8 Å². The lowest BCUT2D eigenvalue weighted by atomic mass is 9.76. The molecule has 0 atom stereocenters. The predicted octanol–water partition coefficient (Wildman–Crippen LogP) is 8.26. The van der Waals surface area contributed by atoms with Gasteiger partial charge in [-0.3, -0.25) is 0 Å². The van der Waals surface area contributed by atoms with Crippen molar-refractivity contribution >= 4 is 0 Å². The maximum atomic E-state index is 15.0. The minimum absolute atomic E-state index is 0.00360. The second-order valence-electron chi connectivity index (χ2n) is 9.82. The highest BCUT2D eigenvalue weighted by Gasteiger charge is 2.28. The molecule has 2 aromatic carbocycles. The fourth-order valence-electron chi connectivity index (χ4n) is 5.40. The van der Waals surface area contributed by atoms with Crippen LogP contribution in [0.15, 0.2) is 24.3 Å². The molecule has 0 spiro atoms. The molecule has 0 bridgehead atoms. The van der Waals surface area contributed by atoms with Gasteiger partial charge < -0.3 is 4.74 Å². The topological polar surface area (TPSA) is 9.23 Å². The molecule has 2 fully saturated rings. The van der Waals surface area contributed by atoms with Crippen molar-refractivity contribution in [2.24, 2.45) is 11.8 Å². The molecular weight excluding hydrogens is 440 g/mol. The minimum Gasteiger partial charge on any atom is -0.491 e. The van der Waals surface area contributed by atoms with Crippen molar-refractivity contribution in [3.63, 3.8) is 0 Å². The van der Waals surface area contributed by atoms with Gasteiger partial charge in [0, 0.05) is 5.92 Å². The molecular formula is C29H32F4O. The summed E-state index contributed by atoms with van der Waals surface area (Å²) in [4.78, 5) is 0. The number of rotatable bonds is 4. The molecule has 1 nitrogen and oxygen atoms in total. The van der Waals surface area contributed by atoms with E-state index >= 15 is 4.39 Å². The van der Waals surface area contributed by atoms with Crippen LogP contribution in [0, 0.1) is 46.9 Å². The van der Waals surface area contributed by atoms with Crippen LogP contribution in [0.2, 0.25) is 0 Å². The molecule has 0 N–H and O–H groups in total. The fraction of sp³-hybridized carbons (Fsp3) is 0.517. The molecule has 4 rings (SSSR count). The molecule has 0 radical (unpaired) electrons. The third-order valence-corrected chi connectivity index (χ3v) is 7.52. The monoisotopic (exact) mass is 472 g/mol. The molecule has 2 aliphatic carbocycles. The van der Waals surface area contributed by atoms with Crippen molar-refractivity contribution in [1.82, 2.24) is 0 Å². The van der Waals surface area contributed by atoms with Gasteiger partial charge in [0.25, 0.3) is 0 Å². The van der Waals surface area contributed by atoms with E-state index in [4.69, 9.17) is 4.74 Å². The molecule has 0 aliphatic heterocycles. The first-order valence-corrected chi connectivity index (χ1v) is 12.5. The molecule has 0 amide bonds. The van der Waals surface area contributed by atoms with E-state index in [1.807, 2.05) is 0 Å². The molecule has 34 heavy (non-hydrogen) atoms. The van der Waals surface area contributed by atoms with Crippen LogP contribution >= 0.6 is 0 Å². The zero-order chi connectivity index (χ0) is 24.2. The fourth-order valence-corrected chi connectivity index (χ4v) is 5.40. The first-order valence-electron chi connectivity index (χ1n) is 12.5. The van der Waals surface area contributed by atoms with E-state index in [9.17, 15) is 13.2 Å². The van der Waals surface area contributed by atoms with Crippen LogP contribution in [-0.2, 0) is 0 Å². The molecule has 0 heterocycles. The molecule has 182 valence electrons. The summed E-state index contributed by atoms with van der Waals surface area (Å²) in [6.45, 7) is 4.16. The Balaban J connectivity index is 1.40. The van der Waals surface area contributed by atoms with Crippen LogP contribution in [0.1, 0.15) is 93.7 Å². The Kier molecular flexibility index (Phi) is 7.86. The lowest BCUT2D eigenvalue weighted by molar-refractivity contribution is 0.314. The summed E-state index contributed by atoms with van der Waals surface area (Å²) >= 11 is 0. The second kappa shape index (κ2) is 10.8. The van der Waals surface area contributed by atoms with Crippen molar-refractivity contribution in [3.8, 4) is 17.6 Å². The van der Waals surface area contributed by atoms with Gasteiger partial charge in [0.1, 0.15) is 0 Å². The second-order valence-corrected chi connectivity index (χ2v) is 9.82. The lowest BCUT2D eigenvalue weighted by Crippen LogP contribution is -2.16. The Labute approximate surface area is 199 Å². The normalized spacial score (nSPS) is 24.9. The maximum Gasteiger partial charge on any atom is 0.201 e. The van der Waals surface area contributed by atoms with Crippen LogP contribution < -0.4 is 4.74 Å².